The Kier molecular flexibility index (Phi) is 7.31. The first-order valence-corrected chi connectivity index (χ1v) is 13.3. The number of nitrogens with zero attached hydrogens (tertiary/aromatic N) is 2. The lowest BCUT2D eigenvalue weighted by atomic mass is 10.2. The topological polar surface area (TPSA) is 104 Å². The van der Waals surface area contributed by atoms with E-state index in [1.807, 2.05) is 0 Å². The molecule has 33 heavy (non-hydrogen) atoms. The van der Waals surface area contributed by atoms with Crippen molar-refractivity contribution in [1.82, 2.24) is 0 Å². The highest BCUT2D eigenvalue weighted by Gasteiger charge is 2.27. The van der Waals surface area contributed by atoms with E-state index < -0.39 is 32.5 Å². The van der Waals surface area contributed by atoms with E-state index in [1.165, 1.54) is 37.4 Å². The van der Waals surface area contributed by atoms with E-state index in [2.05, 4.69) is 5.32 Å². The van der Waals surface area contributed by atoms with E-state index >= 15 is 0 Å². The van der Waals surface area contributed by atoms with Crippen LogP contribution in [0.25, 0.3) is 0 Å². The molecule has 0 aromatic heterocycles. The zero-order valence-electron chi connectivity index (χ0n) is 17.8. The van der Waals surface area contributed by atoms with Crippen molar-refractivity contribution < 1.29 is 21.6 Å². The van der Waals surface area contributed by atoms with Crippen LogP contribution in [0, 0.1) is 0 Å². The van der Waals surface area contributed by atoms with E-state index in [4.69, 9.17) is 11.6 Å². The molecule has 3 rings (SSSR count). The largest absolute Gasteiger partial charge is 0.324 e. The van der Waals surface area contributed by atoms with Gasteiger partial charge in [0.25, 0.3) is 10.0 Å². The van der Waals surface area contributed by atoms with E-state index in [-0.39, 0.29) is 4.90 Å². The summed E-state index contributed by atoms with van der Waals surface area (Å²) in [7, 11) is -6.16. The fourth-order valence-electron chi connectivity index (χ4n) is 2.95. The molecule has 0 unspecified atom stereocenters. The van der Waals surface area contributed by atoms with Crippen LogP contribution >= 0.6 is 11.6 Å². The van der Waals surface area contributed by atoms with Crippen LogP contribution in [0.3, 0.4) is 0 Å². The Balaban J connectivity index is 1.89. The van der Waals surface area contributed by atoms with Crippen LogP contribution in [0.5, 0.6) is 0 Å². The second-order valence-electron chi connectivity index (χ2n) is 7.13. The number of carbonyl (C=O) groups excluding carboxylic acids is 1. The summed E-state index contributed by atoms with van der Waals surface area (Å²) in [5, 5.41) is 3.02. The number of anilines is 3. The van der Waals surface area contributed by atoms with Crippen molar-refractivity contribution >= 4 is 54.6 Å². The van der Waals surface area contributed by atoms with Gasteiger partial charge in [0.2, 0.25) is 15.9 Å². The first kappa shape index (κ1) is 24.6. The van der Waals surface area contributed by atoms with Crippen LogP contribution in [-0.4, -0.2) is 42.6 Å². The van der Waals surface area contributed by atoms with Crippen molar-refractivity contribution in [3.63, 3.8) is 0 Å². The lowest BCUT2D eigenvalue weighted by Gasteiger charge is -2.24. The van der Waals surface area contributed by atoms with Gasteiger partial charge in [0.05, 0.1) is 22.5 Å². The maximum absolute atomic E-state index is 13.3. The maximum atomic E-state index is 13.3. The van der Waals surface area contributed by atoms with E-state index in [1.54, 1.807) is 48.5 Å². The molecule has 0 spiro atoms. The van der Waals surface area contributed by atoms with Crippen molar-refractivity contribution in [2.45, 2.75) is 4.90 Å². The number of halogens is 1. The van der Waals surface area contributed by atoms with Gasteiger partial charge in [-0.3, -0.25) is 13.4 Å². The molecule has 174 valence electrons. The molecular weight excluding hydrogens is 486 g/mol. The first-order chi connectivity index (χ1) is 15.5. The molecule has 3 aromatic rings. The molecule has 0 aliphatic heterocycles. The summed E-state index contributed by atoms with van der Waals surface area (Å²) in [4.78, 5) is 12.8. The zero-order valence-corrected chi connectivity index (χ0v) is 20.2. The summed E-state index contributed by atoms with van der Waals surface area (Å²) in [5.41, 5.74) is 0.988. The number of rotatable bonds is 8. The fourth-order valence-corrected chi connectivity index (χ4v) is 4.99. The van der Waals surface area contributed by atoms with Gasteiger partial charge in [0, 0.05) is 17.8 Å². The van der Waals surface area contributed by atoms with Crippen molar-refractivity contribution in [2.75, 3.05) is 33.8 Å². The third kappa shape index (κ3) is 6.04. The van der Waals surface area contributed by atoms with E-state index in [0.29, 0.717) is 22.1 Å². The average molecular weight is 508 g/mol. The predicted octanol–water partition coefficient (Wildman–Crippen LogP) is 3.57. The van der Waals surface area contributed by atoms with Crippen molar-refractivity contribution in [1.29, 1.82) is 0 Å². The molecule has 8 nitrogen and oxygen atoms in total. The molecule has 0 aliphatic rings. The third-order valence-electron chi connectivity index (χ3n) is 4.72. The number of benzene rings is 3. The van der Waals surface area contributed by atoms with Gasteiger partial charge in [-0.2, -0.15) is 0 Å². The molecule has 1 N–H and O–H groups in total. The SMILES string of the molecule is CN(c1cccc(NC(=O)CN(c2ccccc2)S(=O)(=O)c2ccc(Cl)cc2)c1)S(C)(=O)=O. The second kappa shape index (κ2) is 9.82. The van der Waals surface area contributed by atoms with Crippen LogP contribution in [0.15, 0.2) is 83.8 Å². The minimum atomic E-state index is -4.07. The highest BCUT2D eigenvalue weighted by atomic mass is 35.5. The predicted molar refractivity (Wildman–Crippen MR) is 131 cm³/mol. The van der Waals surface area contributed by atoms with Gasteiger partial charge in [0.1, 0.15) is 6.54 Å². The highest BCUT2D eigenvalue weighted by Crippen LogP contribution is 2.25. The minimum Gasteiger partial charge on any atom is -0.324 e. The molecule has 1 amide bonds. The van der Waals surface area contributed by atoms with Crippen molar-refractivity contribution in [2.24, 2.45) is 0 Å². The van der Waals surface area contributed by atoms with Crippen LogP contribution in [0.2, 0.25) is 5.02 Å². The minimum absolute atomic E-state index is 0.0136. The Morgan fingerprint density at radius 1 is 0.879 bits per heavy atom. The smallest absolute Gasteiger partial charge is 0.264 e. The molecule has 0 atom stereocenters. The normalized spacial score (nSPS) is 11.6. The van der Waals surface area contributed by atoms with Gasteiger partial charge in [-0.1, -0.05) is 35.9 Å². The van der Waals surface area contributed by atoms with Gasteiger partial charge in [-0.25, -0.2) is 16.8 Å². The Morgan fingerprint density at radius 3 is 2.09 bits per heavy atom. The number of para-hydroxylation sites is 1. The summed E-state index contributed by atoms with van der Waals surface area (Å²) in [6, 6.07) is 20.1. The molecule has 0 radical (unpaired) electrons. The molecule has 0 saturated carbocycles. The molecule has 11 heteroatoms. The number of hydrogen-bond acceptors (Lipinski definition) is 5. The quantitative estimate of drug-likeness (QED) is 0.502. The van der Waals surface area contributed by atoms with Crippen LogP contribution in [0.4, 0.5) is 17.1 Å². The number of carbonyl (C=O) groups is 1. The summed E-state index contributed by atoms with van der Waals surface area (Å²) < 4.78 is 52.3. The number of nitrogens with one attached hydrogen (secondary N) is 1. The fraction of sp³-hybridized carbons (Fsp3) is 0.136. The molecule has 0 aliphatic carbocycles. The van der Waals surface area contributed by atoms with E-state index in [9.17, 15) is 21.6 Å². The Hall–Kier alpha value is -3.08. The Labute approximate surface area is 198 Å². The summed E-state index contributed by atoms with van der Waals surface area (Å²) in [5.74, 6) is -0.601. The molecule has 0 heterocycles. The highest BCUT2D eigenvalue weighted by molar-refractivity contribution is 7.93. The first-order valence-electron chi connectivity index (χ1n) is 9.65. The Morgan fingerprint density at radius 2 is 1.48 bits per heavy atom. The Bertz CT molecular complexity index is 1350. The number of sulfonamides is 2. The second-order valence-corrected chi connectivity index (χ2v) is 11.4. The van der Waals surface area contributed by atoms with Gasteiger partial charge in [-0.05, 0) is 54.6 Å². The van der Waals surface area contributed by atoms with Crippen LogP contribution < -0.4 is 13.9 Å². The zero-order chi connectivity index (χ0) is 24.2. The van der Waals surface area contributed by atoms with Gasteiger partial charge >= 0.3 is 0 Å². The molecule has 3 aromatic carbocycles. The number of amides is 1. The van der Waals surface area contributed by atoms with E-state index in [0.717, 1.165) is 14.9 Å². The van der Waals surface area contributed by atoms with Crippen molar-refractivity contribution in [3.8, 4) is 0 Å². The summed E-state index contributed by atoms with van der Waals surface area (Å²) in [6.45, 7) is -0.499. The van der Waals surface area contributed by atoms with Crippen molar-refractivity contribution in [3.05, 3.63) is 83.9 Å². The monoisotopic (exact) mass is 507 g/mol. The lowest BCUT2D eigenvalue weighted by Crippen LogP contribution is -2.38. The summed E-state index contributed by atoms with van der Waals surface area (Å²) >= 11 is 5.88. The van der Waals surface area contributed by atoms with Crippen LogP contribution in [0.1, 0.15) is 0 Å². The molecule has 0 bridgehead atoms. The number of hydrogen-bond donors (Lipinski definition) is 1. The standard InChI is InChI=1S/C22H22ClN3O5S2/c1-25(32(2,28)29)20-10-6-7-18(15-20)24-22(27)16-26(19-8-4-3-5-9-19)33(30,31)21-13-11-17(23)12-14-21/h3-15H,16H2,1-2H3,(H,24,27). The molecule has 0 fully saturated rings. The molecule has 0 saturated heterocycles. The lowest BCUT2D eigenvalue weighted by molar-refractivity contribution is -0.114. The van der Waals surface area contributed by atoms with Gasteiger partial charge in [-0.15, -0.1) is 0 Å². The maximum Gasteiger partial charge on any atom is 0.264 e. The van der Waals surface area contributed by atoms with Crippen LogP contribution in [-0.2, 0) is 24.8 Å². The molecular formula is C22H22ClN3O5S2. The van der Waals surface area contributed by atoms with Gasteiger partial charge in [0.15, 0.2) is 0 Å². The third-order valence-corrected chi connectivity index (χ3v) is 7.97. The van der Waals surface area contributed by atoms with Gasteiger partial charge < -0.3 is 5.32 Å². The summed E-state index contributed by atoms with van der Waals surface area (Å²) in [6.07, 6.45) is 1.07. The average Bonchev–Trinajstić information content (AvgIpc) is 2.77.